The van der Waals surface area contributed by atoms with Crippen molar-refractivity contribution in [2.24, 2.45) is 0 Å². The summed E-state index contributed by atoms with van der Waals surface area (Å²) in [4.78, 5) is 11.0. The maximum absolute atomic E-state index is 6.07. The van der Waals surface area contributed by atoms with Crippen molar-refractivity contribution in [1.29, 1.82) is 0 Å². The molecule has 10 heteroatoms. The highest BCUT2D eigenvalue weighted by Crippen LogP contribution is 2.53. The molecule has 1 saturated carbocycles. The fourth-order valence-corrected chi connectivity index (χ4v) is 7.54. The Morgan fingerprint density at radius 2 is 1.87 bits per heavy atom. The Labute approximate surface area is 225 Å². The van der Waals surface area contributed by atoms with Crippen molar-refractivity contribution >= 4 is 27.2 Å². The Morgan fingerprint density at radius 3 is 2.63 bits per heavy atom. The first-order valence-electron chi connectivity index (χ1n) is 13.5. The minimum atomic E-state index is 0.00240. The van der Waals surface area contributed by atoms with Crippen LogP contribution in [0.4, 0.5) is 0 Å². The highest BCUT2D eigenvalue weighted by atomic mass is 32.1. The summed E-state index contributed by atoms with van der Waals surface area (Å²) in [5.74, 6) is 2.65. The second-order valence-corrected chi connectivity index (χ2v) is 12.2. The molecular weight excluding hydrogens is 498 g/mol. The number of ether oxygens (including phenoxy) is 1. The molecule has 9 nitrogen and oxygen atoms in total. The van der Waals surface area contributed by atoms with Crippen molar-refractivity contribution in [3.05, 3.63) is 51.4 Å². The summed E-state index contributed by atoms with van der Waals surface area (Å²) in [6, 6.07) is 0.00240. The van der Waals surface area contributed by atoms with Crippen LogP contribution < -0.4 is 5.32 Å². The summed E-state index contributed by atoms with van der Waals surface area (Å²) >= 11 is 1.91. The number of thiophene rings is 1. The Bertz CT molecular complexity index is 1650. The molecule has 0 amide bonds. The lowest BCUT2D eigenvalue weighted by molar-refractivity contribution is 0.0672. The Kier molecular flexibility index (Phi) is 5.68. The van der Waals surface area contributed by atoms with Crippen LogP contribution in [0, 0.1) is 20.8 Å². The van der Waals surface area contributed by atoms with E-state index < -0.39 is 0 Å². The van der Waals surface area contributed by atoms with Crippen LogP contribution in [-0.4, -0.2) is 49.5 Å². The van der Waals surface area contributed by atoms with Gasteiger partial charge in [0.15, 0.2) is 5.65 Å². The average Bonchev–Trinajstić information content (AvgIpc) is 3.67. The zero-order chi connectivity index (χ0) is 26.1. The van der Waals surface area contributed by atoms with Crippen LogP contribution in [0.3, 0.4) is 0 Å². The molecule has 0 radical (unpaired) electrons. The van der Waals surface area contributed by atoms with E-state index in [0.717, 1.165) is 37.5 Å². The van der Waals surface area contributed by atoms with Crippen molar-refractivity contribution in [2.45, 2.75) is 71.3 Å². The van der Waals surface area contributed by atoms with Gasteiger partial charge in [-0.2, -0.15) is 5.10 Å². The van der Waals surface area contributed by atoms with Crippen LogP contribution in [0.2, 0.25) is 0 Å². The number of pyridine rings is 1. The molecule has 5 aromatic heterocycles. The van der Waals surface area contributed by atoms with Gasteiger partial charge in [-0.15, -0.1) is 21.5 Å². The molecule has 2 aliphatic rings. The molecule has 1 aliphatic carbocycles. The van der Waals surface area contributed by atoms with E-state index in [2.05, 4.69) is 71.4 Å². The van der Waals surface area contributed by atoms with Gasteiger partial charge in [-0.1, -0.05) is 13.8 Å². The molecule has 38 heavy (non-hydrogen) atoms. The third kappa shape index (κ3) is 3.65. The fraction of sp³-hybridized carbons (Fsp3) is 0.500. The van der Waals surface area contributed by atoms with Crippen LogP contribution in [0.25, 0.3) is 27.1 Å². The number of hydrogen-bond acceptors (Lipinski definition) is 8. The van der Waals surface area contributed by atoms with E-state index in [-0.39, 0.29) is 6.04 Å². The number of hydrogen-bond donors (Lipinski definition) is 2. The number of nitrogens with zero attached hydrogens (tertiary/aromatic N) is 5. The van der Waals surface area contributed by atoms with Crippen LogP contribution in [0.15, 0.2) is 16.9 Å². The SMILES string of the molecule is Cc1c(-c2[nH]c3sc(C4CC(c5nnc([C@H]6COCCN6)o5)C4)c(C)c3c2C(C)C)cn2ncnc2c1C. The molecule has 0 bridgehead atoms. The maximum atomic E-state index is 6.07. The summed E-state index contributed by atoms with van der Waals surface area (Å²) < 4.78 is 13.5. The van der Waals surface area contributed by atoms with Crippen LogP contribution >= 0.6 is 11.3 Å². The predicted octanol–water partition coefficient (Wildman–Crippen LogP) is 5.69. The molecule has 7 rings (SSSR count). The molecule has 5 aromatic rings. The fourth-order valence-electron chi connectivity index (χ4n) is 6.19. The lowest BCUT2D eigenvalue weighted by Gasteiger charge is -2.33. The largest absolute Gasteiger partial charge is 0.423 e. The van der Waals surface area contributed by atoms with Gasteiger partial charge in [0.05, 0.1) is 18.9 Å². The average molecular weight is 532 g/mol. The van der Waals surface area contributed by atoms with Gasteiger partial charge in [-0.25, -0.2) is 9.50 Å². The van der Waals surface area contributed by atoms with Crippen LogP contribution in [0.1, 0.15) is 89.4 Å². The van der Waals surface area contributed by atoms with Crippen molar-refractivity contribution < 1.29 is 9.15 Å². The maximum Gasteiger partial charge on any atom is 0.235 e. The van der Waals surface area contributed by atoms with Gasteiger partial charge in [0.1, 0.15) is 17.2 Å². The standard InChI is InChI=1S/C28H33N7O2S/c1-13(2)21-22-16(5)24(17-8-18(9-17)26-33-34-27(37-26)20-11-36-7-6-29-20)38-28(22)32-23(21)19-10-35-25(30-12-31-35)15(4)14(19)3/h10,12-13,17-18,20,29,32H,6-9,11H2,1-5H3/t17?,18?,20-/m1/s1. The molecule has 198 valence electrons. The van der Waals surface area contributed by atoms with E-state index in [1.807, 2.05) is 15.9 Å². The molecule has 1 atom stereocenters. The van der Waals surface area contributed by atoms with Gasteiger partial charge in [0.25, 0.3) is 0 Å². The number of aromatic amines is 1. The van der Waals surface area contributed by atoms with Crippen molar-refractivity contribution in [3.63, 3.8) is 0 Å². The van der Waals surface area contributed by atoms with E-state index in [4.69, 9.17) is 9.15 Å². The molecule has 1 aliphatic heterocycles. The van der Waals surface area contributed by atoms with E-state index in [1.54, 1.807) is 6.33 Å². The Hall–Kier alpha value is -3.08. The first kappa shape index (κ1) is 24.0. The summed E-state index contributed by atoms with van der Waals surface area (Å²) in [7, 11) is 0. The molecule has 0 spiro atoms. The van der Waals surface area contributed by atoms with Crippen molar-refractivity contribution in [2.75, 3.05) is 19.8 Å². The van der Waals surface area contributed by atoms with E-state index in [0.29, 0.717) is 30.3 Å². The summed E-state index contributed by atoms with van der Waals surface area (Å²) in [6.07, 6.45) is 5.84. The van der Waals surface area contributed by atoms with Gasteiger partial charge < -0.3 is 19.5 Å². The van der Waals surface area contributed by atoms with Gasteiger partial charge in [0, 0.05) is 34.5 Å². The normalized spacial score (nSPS) is 22.1. The molecule has 2 N–H and O–H groups in total. The van der Waals surface area contributed by atoms with Gasteiger partial charge in [-0.3, -0.25) is 0 Å². The third-order valence-electron chi connectivity index (χ3n) is 8.47. The Balaban J connectivity index is 1.18. The molecule has 2 fully saturated rings. The van der Waals surface area contributed by atoms with Crippen molar-refractivity contribution in [3.8, 4) is 11.3 Å². The van der Waals surface area contributed by atoms with Gasteiger partial charge in [-0.05, 0) is 67.7 Å². The van der Waals surface area contributed by atoms with Crippen LogP contribution in [0.5, 0.6) is 0 Å². The lowest BCUT2D eigenvalue weighted by atomic mass is 9.73. The summed E-state index contributed by atoms with van der Waals surface area (Å²) in [5, 5.41) is 17.9. The highest BCUT2D eigenvalue weighted by molar-refractivity contribution is 7.19. The number of H-pyrrole nitrogens is 1. The number of rotatable bonds is 5. The zero-order valence-corrected chi connectivity index (χ0v) is 23.3. The highest BCUT2D eigenvalue weighted by Gasteiger charge is 2.38. The number of aromatic nitrogens is 6. The monoisotopic (exact) mass is 531 g/mol. The number of morpholine rings is 1. The van der Waals surface area contributed by atoms with Crippen LogP contribution in [-0.2, 0) is 4.74 Å². The van der Waals surface area contributed by atoms with E-state index in [9.17, 15) is 0 Å². The second kappa shape index (κ2) is 9.00. The molecule has 6 heterocycles. The third-order valence-corrected chi connectivity index (χ3v) is 9.84. The quantitative estimate of drug-likeness (QED) is 0.300. The van der Waals surface area contributed by atoms with E-state index >= 15 is 0 Å². The molecule has 0 aromatic carbocycles. The smallest absolute Gasteiger partial charge is 0.235 e. The second-order valence-electron chi connectivity index (χ2n) is 11.1. The molecule has 1 saturated heterocycles. The molecular formula is C28H33N7O2S. The number of fused-ring (bicyclic) bond motifs is 2. The summed E-state index contributed by atoms with van der Waals surface area (Å²) in [5.41, 5.74) is 8.53. The first-order valence-corrected chi connectivity index (χ1v) is 14.3. The van der Waals surface area contributed by atoms with E-state index in [1.165, 1.54) is 48.6 Å². The zero-order valence-electron chi connectivity index (χ0n) is 22.5. The Morgan fingerprint density at radius 1 is 1.05 bits per heavy atom. The first-order chi connectivity index (χ1) is 18.4. The topological polar surface area (TPSA) is 106 Å². The van der Waals surface area contributed by atoms with Crippen molar-refractivity contribution in [1.82, 2.24) is 35.1 Å². The lowest BCUT2D eigenvalue weighted by Crippen LogP contribution is -2.34. The summed E-state index contributed by atoms with van der Waals surface area (Å²) in [6.45, 7) is 13.3. The number of aryl methyl sites for hydroxylation is 2. The van der Waals surface area contributed by atoms with Gasteiger partial charge in [0.2, 0.25) is 11.8 Å². The predicted molar refractivity (Wildman–Crippen MR) is 147 cm³/mol. The minimum Gasteiger partial charge on any atom is -0.423 e. The molecule has 0 unspecified atom stereocenters. The minimum absolute atomic E-state index is 0.00240. The number of nitrogens with one attached hydrogen (secondary N) is 2. The van der Waals surface area contributed by atoms with Gasteiger partial charge >= 0.3 is 0 Å².